The minimum atomic E-state index is -4.46. The summed E-state index contributed by atoms with van der Waals surface area (Å²) in [6.07, 6.45) is -2.11. The summed E-state index contributed by atoms with van der Waals surface area (Å²) < 4.78 is 36.8. The number of nitrogens with zero attached hydrogens (tertiary/aromatic N) is 2. The Bertz CT molecular complexity index is 560. The van der Waals surface area contributed by atoms with Gasteiger partial charge in [0, 0.05) is 17.8 Å². The lowest BCUT2D eigenvalue weighted by molar-refractivity contribution is -0.137. The van der Waals surface area contributed by atoms with Crippen LogP contribution in [0.15, 0.2) is 23.3 Å². The molecule has 0 saturated carbocycles. The number of thiazole rings is 1. The van der Waals surface area contributed by atoms with E-state index in [0.29, 0.717) is 16.9 Å². The number of H-pyrrole nitrogens is 1. The van der Waals surface area contributed by atoms with Gasteiger partial charge in [-0.15, -0.1) is 11.3 Å². The van der Waals surface area contributed by atoms with E-state index < -0.39 is 16.7 Å². The molecule has 84 valence electrons. The fourth-order valence-corrected chi connectivity index (χ4v) is 1.81. The predicted octanol–water partition coefficient (Wildman–Crippen LogP) is 1.91. The highest BCUT2D eigenvalue weighted by Crippen LogP contribution is 2.35. The third-order valence-electron chi connectivity index (χ3n) is 1.70. The van der Waals surface area contributed by atoms with Gasteiger partial charge in [-0.1, -0.05) is 0 Å². The van der Waals surface area contributed by atoms with E-state index in [2.05, 4.69) is 15.2 Å². The molecular formula is C8H4F3N3OS. The van der Waals surface area contributed by atoms with Crippen LogP contribution in [-0.4, -0.2) is 15.2 Å². The third kappa shape index (κ3) is 2.11. The van der Waals surface area contributed by atoms with Gasteiger partial charge in [0.25, 0.3) is 5.56 Å². The van der Waals surface area contributed by atoms with Crippen molar-refractivity contribution in [2.45, 2.75) is 6.18 Å². The van der Waals surface area contributed by atoms with Crippen LogP contribution in [-0.2, 0) is 6.18 Å². The Kier molecular flexibility index (Phi) is 2.50. The van der Waals surface area contributed by atoms with Crippen molar-refractivity contribution in [3.05, 3.63) is 33.8 Å². The average molecular weight is 247 g/mol. The van der Waals surface area contributed by atoms with Gasteiger partial charge in [0.15, 0.2) is 5.01 Å². The Morgan fingerprint density at radius 1 is 1.31 bits per heavy atom. The van der Waals surface area contributed by atoms with Gasteiger partial charge in [0.1, 0.15) is 0 Å². The standard InChI is InChI=1S/C8H4F3N3OS/c9-8(10,11)7-12-3-5(16-7)4-1-6(15)14-13-2-4/h1-3H,(H,14,15). The van der Waals surface area contributed by atoms with Crippen molar-refractivity contribution >= 4 is 11.3 Å². The first-order chi connectivity index (χ1) is 7.47. The Balaban J connectivity index is 2.43. The van der Waals surface area contributed by atoms with E-state index in [1.807, 2.05) is 0 Å². The van der Waals surface area contributed by atoms with Crippen LogP contribution in [0.5, 0.6) is 0 Å². The summed E-state index contributed by atoms with van der Waals surface area (Å²) >= 11 is 0.473. The molecule has 0 bridgehead atoms. The summed E-state index contributed by atoms with van der Waals surface area (Å²) in [5, 5.41) is 4.69. The molecule has 2 aromatic heterocycles. The monoisotopic (exact) mass is 247 g/mol. The van der Waals surface area contributed by atoms with Gasteiger partial charge in [-0.2, -0.15) is 18.3 Å². The van der Waals surface area contributed by atoms with Crippen LogP contribution in [0.2, 0.25) is 0 Å². The van der Waals surface area contributed by atoms with E-state index in [-0.39, 0.29) is 4.88 Å². The molecule has 0 unspecified atom stereocenters. The molecule has 0 aliphatic rings. The summed E-state index contributed by atoms with van der Waals surface area (Å²) in [4.78, 5) is 14.4. The lowest BCUT2D eigenvalue weighted by Crippen LogP contribution is -2.05. The molecule has 0 aromatic carbocycles. The predicted molar refractivity (Wildman–Crippen MR) is 51.0 cm³/mol. The number of halogens is 3. The van der Waals surface area contributed by atoms with Gasteiger partial charge in [-0.3, -0.25) is 4.79 Å². The molecule has 0 aliphatic carbocycles. The molecule has 16 heavy (non-hydrogen) atoms. The van der Waals surface area contributed by atoms with Crippen molar-refractivity contribution in [2.24, 2.45) is 0 Å². The highest BCUT2D eigenvalue weighted by atomic mass is 32.1. The van der Waals surface area contributed by atoms with Crippen molar-refractivity contribution in [3.63, 3.8) is 0 Å². The highest BCUT2D eigenvalue weighted by Gasteiger charge is 2.34. The maximum Gasteiger partial charge on any atom is 0.443 e. The maximum absolute atomic E-state index is 12.3. The smallest absolute Gasteiger partial charge is 0.268 e. The minimum absolute atomic E-state index is 0.255. The van der Waals surface area contributed by atoms with Gasteiger partial charge in [0.05, 0.1) is 11.1 Å². The molecule has 0 atom stereocenters. The van der Waals surface area contributed by atoms with Crippen LogP contribution >= 0.6 is 11.3 Å². The maximum atomic E-state index is 12.3. The molecule has 2 heterocycles. The molecule has 2 aromatic rings. The molecule has 4 nitrogen and oxygen atoms in total. The van der Waals surface area contributed by atoms with Crippen LogP contribution in [0, 0.1) is 0 Å². The SMILES string of the molecule is O=c1cc(-c2cnc(C(F)(F)F)s2)cn[nH]1. The zero-order chi connectivity index (χ0) is 11.8. The second kappa shape index (κ2) is 3.71. The van der Waals surface area contributed by atoms with Crippen LogP contribution in [0.4, 0.5) is 13.2 Å². The number of nitrogens with one attached hydrogen (secondary N) is 1. The molecule has 0 fully saturated rings. The van der Waals surface area contributed by atoms with Crippen molar-refractivity contribution in [1.82, 2.24) is 15.2 Å². The Morgan fingerprint density at radius 3 is 2.62 bits per heavy atom. The second-order valence-corrected chi connectivity index (χ2v) is 3.89. The second-order valence-electron chi connectivity index (χ2n) is 2.86. The number of hydrogen-bond acceptors (Lipinski definition) is 4. The third-order valence-corrected chi connectivity index (χ3v) is 2.79. The van der Waals surface area contributed by atoms with Crippen molar-refractivity contribution in [1.29, 1.82) is 0 Å². The first-order valence-electron chi connectivity index (χ1n) is 4.05. The summed E-state index contributed by atoms with van der Waals surface area (Å²) in [6, 6.07) is 1.17. The molecule has 8 heteroatoms. The van der Waals surface area contributed by atoms with E-state index in [9.17, 15) is 18.0 Å². The van der Waals surface area contributed by atoms with Gasteiger partial charge in [0.2, 0.25) is 0 Å². The number of aromatic nitrogens is 3. The van der Waals surface area contributed by atoms with Crippen LogP contribution < -0.4 is 5.56 Å². The largest absolute Gasteiger partial charge is 0.443 e. The fraction of sp³-hybridized carbons (Fsp3) is 0.125. The zero-order valence-electron chi connectivity index (χ0n) is 7.58. The number of rotatable bonds is 1. The van der Waals surface area contributed by atoms with E-state index >= 15 is 0 Å². The lowest BCUT2D eigenvalue weighted by Gasteiger charge is -1.98. The normalized spacial score (nSPS) is 11.7. The van der Waals surface area contributed by atoms with Gasteiger partial charge < -0.3 is 0 Å². The molecule has 1 N–H and O–H groups in total. The fourth-order valence-electron chi connectivity index (χ4n) is 1.05. The van der Waals surface area contributed by atoms with E-state index in [1.165, 1.54) is 12.3 Å². The minimum Gasteiger partial charge on any atom is -0.268 e. The quantitative estimate of drug-likeness (QED) is 0.837. The van der Waals surface area contributed by atoms with Gasteiger partial charge >= 0.3 is 6.18 Å². The Morgan fingerprint density at radius 2 is 2.06 bits per heavy atom. The average Bonchev–Trinajstić information content (AvgIpc) is 2.65. The summed E-state index contributed by atoms with van der Waals surface area (Å²) in [5.41, 5.74) is -0.156. The topological polar surface area (TPSA) is 58.6 Å². The molecule has 0 radical (unpaired) electrons. The summed E-state index contributed by atoms with van der Waals surface area (Å²) in [7, 11) is 0. The number of alkyl halides is 3. The number of hydrogen-bond donors (Lipinski definition) is 1. The van der Waals surface area contributed by atoms with Gasteiger partial charge in [-0.25, -0.2) is 10.1 Å². The van der Waals surface area contributed by atoms with Gasteiger partial charge in [-0.05, 0) is 0 Å². The zero-order valence-corrected chi connectivity index (χ0v) is 8.39. The van der Waals surface area contributed by atoms with Crippen LogP contribution in [0.3, 0.4) is 0 Å². The van der Waals surface area contributed by atoms with Crippen LogP contribution in [0.25, 0.3) is 10.4 Å². The molecular weight excluding hydrogens is 243 g/mol. The van der Waals surface area contributed by atoms with Crippen molar-refractivity contribution in [3.8, 4) is 10.4 Å². The Hall–Kier alpha value is -1.70. The van der Waals surface area contributed by atoms with Crippen molar-refractivity contribution < 1.29 is 13.2 Å². The van der Waals surface area contributed by atoms with Crippen LogP contribution in [0.1, 0.15) is 5.01 Å². The lowest BCUT2D eigenvalue weighted by atomic mass is 10.3. The van der Waals surface area contributed by atoms with Crippen molar-refractivity contribution in [2.75, 3.05) is 0 Å². The molecule has 0 aliphatic heterocycles. The summed E-state index contributed by atoms with van der Waals surface area (Å²) in [6.45, 7) is 0. The molecule has 0 spiro atoms. The molecule has 2 rings (SSSR count). The molecule has 0 amide bonds. The first-order valence-corrected chi connectivity index (χ1v) is 4.86. The van der Waals surface area contributed by atoms with E-state index in [1.54, 1.807) is 0 Å². The van der Waals surface area contributed by atoms with E-state index in [4.69, 9.17) is 0 Å². The first kappa shape index (κ1) is 10.8. The number of aromatic amines is 1. The summed E-state index contributed by atoms with van der Waals surface area (Å²) in [5.74, 6) is 0. The highest BCUT2D eigenvalue weighted by molar-refractivity contribution is 7.15. The van der Waals surface area contributed by atoms with E-state index in [0.717, 1.165) is 6.20 Å². The molecule has 0 saturated heterocycles. The Labute approximate surface area is 90.8 Å².